The van der Waals surface area contributed by atoms with Crippen LogP contribution < -0.4 is 4.90 Å². The maximum atomic E-state index is 13.0. The topological polar surface area (TPSA) is 49.3 Å². The van der Waals surface area contributed by atoms with Crippen LogP contribution in [0.25, 0.3) is 0 Å². The van der Waals surface area contributed by atoms with Crippen molar-refractivity contribution in [2.75, 3.05) is 11.9 Å². The molecule has 144 valence electrons. The Kier molecular flexibility index (Phi) is 6.37. The molecule has 28 heavy (non-hydrogen) atoms. The summed E-state index contributed by atoms with van der Waals surface area (Å²) in [6.07, 6.45) is 3.23. The van der Waals surface area contributed by atoms with Gasteiger partial charge in [0.05, 0.1) is 12.4 Å². The van der Waals surface area contributed by atoms with Crippen LogP contribution in [-0.2, 0) is 13.1 Å². The van der Waals surface area contributed by atoms with Crippen LogP contribution in [0.15, 0.2) is 73.1 Å². The number of carbonyl (C=O) groups excluding carboxylic acids is 1. The predicted octanol–water partition coefficient (Wildman–Crippen LogP) is 4.16. The van der Waals surface area contributed by atoms with Crippen LogP contribution in [0, 0.1) is 0 Å². The Morgan fingerprint density at radius 1 is 0.857 bits per heavy atom. The van der Waals surface area contributed by atoms with E-state index in [1.165, 1.54) is 5.56 Å². The van der Waals surface area contributed by atoms with Crippen LogP contribution in [0.1, 0.15) is 35.5 Å². The number of nitrogens with zero attached hydrogens (tertiary/aromatic N) is 4. The van der Waals surface area contributed by atoms with Crippen molar-refractivity contribution in [1.29, 1.82) is 0 Å². The highest BCUT2D eigenvalue weighted by Crippen LogP contribution is 2.15. The van der Waals surface area contributed by atoms with Gasteiger partial charge in [-0.15, -0.1) is 0 Å². The van der Waals surface area contributed by atoms with E-state index in [0.717, 1.165) is 17.9 Å². The number of benzene rings is 2. The fourth-order valence-corrected chi connectivity index (χ4v) is 2.98. The summed E-state index contributed by atoms with van der Waals surface area (Å²) in [5.74, 6) is 0.628. The highest BCUT2D eigenvalue weighted by Gasteiger charge is 2.21. The monoisotopic (exact) mass is 374 g/mol. The minimum atomic E-state index is -0.108. The smallest absolute Gasteiger partial charge is 0.274 e. The van der Waals surface area contributed by atoms with Gasteiger partial charge >= 0.3 is 0 Å². The highest BCUT2D eigenvalue weighted by atomic mass is 16.2. The molecule has 0 unspecified atom stereocenters. The van der Waals surface area contributed by atoms with Crippen LogP contribution in [0.2, 0.25) is 0 Å². The zero-order chi connectivity index (χ0) is 19.9. The third-order valence-electron chi connectivity index (χ3n) is 4.59. The van der Waals surface area contributed by atoms with E-state index in [2.05, 4.69) is 22.1 Å². The van der Waals surface area contributed by atoms with E-state index in [0.29, 0.717) is 12.2 Å². The Labute approximate surface area is 166 Å². The molecule has 5 nitrogen and oxygen atoms in total. The van der Waals surface area contributed by atoms with Gasteiger partial charge in [-0.1, -0.05) is 60.7 Å². The van der Waals surface area contributed by atoms with E-state index in [-0.39, 0.29) is 11.9 Å². The molecule has 0 fully saturated rings. The van der Waals surface area contributed by atoms with E-state index < -0.39 is 0 Å². The normalized spacial score (nSPS) is 10.7. The summed E-state index contributed by atoms with van der Waals surface area (Å²) in [4.78, 5) is 25.7. The second-order valence-corrected chi connectivity index (χ2v) is 7.11. The van der Waals surface area contributed by atoms with Crippen molar-refractivity contribution >= 4 is 11.7 Å². The first kappa shape index (κ1) is 19.5. The lowest BCUT2D eigenvalue weighted by atomic mass is 10.2. The number of hydrogen-bond acceptors (Lipinski definition) is 4. The number of amides is 1. The van der Waals surface area contributed by atoms with Gasteiger partial charge in [0.25, 0.3) is 5.91 Å². The van der Waals surface area contributed by atoms with Crippen molar-refractivity contribution in [1.82, 2.24) is 14.9 Å². The molecule has 0 saturated heterocycles. The molecule has 0 aliphatic carbocycles. The zero-order valence-corrected chi connectivity index (χ0v) is 16.6. The molecule has 3 aromatic rings. The first-order chi connectivity index (χ1) is 13.5. The third kappa shape index (κ3) is 4.94. The molecule has 0 aliphatic rings. The fourth-order valence-electron chi connectivity index (χ4n) is 2.98. The standard InChI is InChI=1S/C23H26N4O/c1-18(2)27(17-20-12-8-5-9-13-20)23(28)21-14-25-22(15-24-21)26(3)16-19-10-6-4-7-11-19/h4-15,18H,16-17H2,1-3H3. The van der Waals surface area contributed by atoms with E-state index in [9.17, 15) is 4.79 Å². The van der Waals surface area contributed by atoms with Crippen LogP contribution in [0.5, 0.6) is 0 Å². The van der Waals surface area contributed by atoms with Crippen LogP contribution in [0.4, 0.5) is 5.82 Å². The van der Waals surface area contributed by atoms with Gasteiger partial charge in [0.2, 0.25) is 0 Å². The van der Waals surface area contributed by atoms with E-state index in [4.69, 9.17) is 0 Å². The Morgan fingerprint density at radius 2 is 1.43 bits per heavy atom. The van der Waals surface area contributed by atoms with E-state index in [1.54, 1.807) is 12.4 Å². The van der Waals surface area contributed by atoms with Crippen molar-refractivity contribution in [3.05, 3.63) is 89.9 Å². The molecular weight excluding hydrogens is 348 g/mol. The quantitative estimate of drug-likeness (QED) is 0.623. The minimum Gasteiger partial charge on any atom is -0.354 e. The van der Waals surface area contributed by atoms with Crippen molar-refractivity contribution in [2.45, 2.75) is 33.0 Å². The summed E-state index contributed by atoms with van der Waals surface area (Å²) in [5, 5.41) is 0. The molecule has 0 aliphatic heterocycles. The van der Waals surface area contributed by atoms with Gasteiger partial charge in [-0.2, -0.15) is 0 Å². The minimum absolute atomic E-state index is 0.0648. The van der Waals surface area contributed by atoms with Gasteiger partial charge in [-0.25, -0.2) is 9.97 Å². The van der Waals surface area contributed by atoms with Gasteiger partial charge in [0, 0.05) is 26.2 Å². The first-order valence-corrected chi connectivity index (χ1v) is 9.46. The third-order valence-corrected chi connectivity index (χ3v) is 4.59. The summed E-state index contributed by atoms with van der Waals surface area (Å²) in [6, 6.07) is 20.2. The SMILES string of the molecule is CC(C)N(Cc1ccccc1)C(=O)c1cnc(N(C)Cc2ccccc2)cn1. The molecular formula is C23H26N4O. The Hall–Kier alpha value is -3.21. The predicted molar refractivity (Wildman–Crippen MR) is 112 cm³/mol. The lowest BCUT2D eigenvalue weighted by molar-refractivity contribution is 0.0684. The average molecular weight is 374 g/mol. The van der Waals surface area contributed by atoms with Crippen LogP contribution in [0.3, 0.4) is 0 Å². The van der Waals surface area contributed by atoms with Gasteiger partial charge in [-0.05, 0) is 25.0 Å². The zero-order valence-electron chi connectivity index (χ0n) is 16.6. The molecule has 0 radical (unpaired) electrons. The van der Waals surface area contributed by atoms with Crippen molar-refractivity contribution in [3.63, 3.8) is 0 Å². The number of hydrogen-bond donors (Lipinski definition) is 0. The molecule has 5 heteroatoms. The summed E-state index contributed by atoms with van der Waals surface area (Å²) >= 11 is 0. The number of anilines is 1. The summed E-state index contributed by atoms with van der Waals surface area (Å²) in [6.45, 7) is 5.30. The Morgan fingerprint density at radius 3 is 1.93 bits per heavy atom. The summed E-state index contributed by atoms with van der Waals surface area (Å²) in [7, 11) is 1.97. The summed E-state index contributed by atoms with van der Waals surface area (Å²) < 4.78 is 0. The highest BCUT2D eigenvalue weighted by molar-refractivity contribution is 5.92. The van der Waals surface area contributed by atoms with E-state index in [1.807, 2.05) is 79.2 Å². The van der Waals surface area contributed by atoms with Gasteiger partial charge in [0.15, 0.2) is 0 Å². The molecule has 3 rings (SSSR count). The van der Waals surface area contributed by atoms with Crippen molar-refractivity contribution in [3.8, 4) is 0 Å². The number of aromatic nitrogens is 2. The number of carbonyl (C=O) groups is 1. The van der Waals surface area contributed by atoms with Crippen LogP contribution >= 0.6 is 0 Å². The molecule has 0 atom stereocenters. The van der Waals surface area contributed by atoms with Crippen molar-refractivity contribution < 1.29 is 4.79 Å². The maximum Gasteiger partial charge on any atom is 0.274 e. The van der Waals surface area contributed by atoms with E-state index >= 15 is 0 Å². The molecule has 1 aromatic heterocycles. The first-order valence-electron chi connectivity index (χ1n) is 9.46. The maximum absolute atomic E-state index is 13.0. The molecule has 0 saturated carbocycles. The van der Waals surface area contributed by atoms with Crippen LogP contribution in [-0.4, -0.2) is 33.9 Å². The molecule has 1 amide bonds. The Bertz CT molecular complexity index is 879. The molecule has 0 bridgehead atoms. The second kappa shape index (κ2) is 9.13. The largest absolute Gasteiger partial charge is 0.354 e. The molecule has 2 aromatic carbocycles. The van der Waals surface area contributed by atoms with Gasteiger partial charge in [0.1, 0.15) is 11.5 Å². The molecule has 0 spiro atoms. The molecule has 0 N–H and O–H groups in total. The Balaban J connectivity index is 1.71. The second-order valence-electron chi connectivity index (χ2n) is 7.11. The van der Waals surface area contributed by atoms with Crippen molar-refractivity contribution in [2.24, 2.45) is 0 Å². The summed E-state index contributed by atoms with van der Waals surface area (Å²) in [5.41, 5.74) is 2.65. The fraction of sp³-hybridized carbons (Fsp3) is 0.261. The number of rotatable bonds is 7. The average Bonchev–Trinajstić information content (AvgIpc) is 2.73. The lowest BCUT2D eigenvalue weighted by Crippen LogP contribution is -2.37. The lowest BCUT2D eigenvalue weighted by Gasteiger charge is -2.26. The molecule has 1 heterocycles. The van der Waals surface area contributed by atoms with Gasteiger partial charge in [-0.3, -0.25) is 4.79 Å². The van der Waals surface area contributed by atoms with Gasteiger partial charge < -0.3 is 9.80 Å².